The van der Waals surface area contributed by atoms with E-state index in [0.29, 0.717) is 68.5 Å². The number of carbonyl (C=O) groups excluding carboxylic acids is 1. The number of hydrogen-bond acceptors (Lipinski definition) is 8. The molecule has 5 rings (SSSR count). The molecule has 1 saturated heterocycles. The highest BCUT2D eigenvalue weighted by Crippen LogP contribution is 2.28. The number of ether oxygens (including phenoxy) is 3. The number of nitrogens with zero attached hydrogens (tertiary/aromatic N) is 3. The second kappa shape index (κ2) is 14.7. The number of benzene rings is 3. The summed E-state index contributed by atoms with van der Waals surface area (Å²) < 4.78 is 51.7. The molecule has 1 aliphatic rings. The summed E-state index contributed by atoms with van der Waals surface area (Å²) in [7, 11) is -0.867. The zero-order valence-electron chi connectivity index (χ0n) is 25.2. The van der Waals surface area contributed by atoms with Crippen LogP contribution in [0.25, 0.3) is 10.8 Å². The number of furan rings is 1. The van der Waals surface area contributed by atoms with Gasteiger partial charge in [0.05, 0.1) is 51.7 Å². The van der Waals surface area contributed by atoms with Gasteiger partial charge in [-0.1, -0.05) is 42.5 Å². The van der Waals surface area contributed by atoms with Crippen molar-refractivity contribution in [1.29, 1.82) is 0 Å². The molecule has 4 aromatic rings. The third-order valence-electron chi connectivity index (χ3n) is 7.85. The lowest BCUT2D eigenvalue weighted by Crippen LogP contribution is -2.47. The van der Waals surface area contributed by atoms with Crippen molar-refractivity contribution in [3.8, 4) is 11.5 Å². The minimum absolute atomic E-state index is 0.168. The van der Waals surface area contributed by atoms with E-state index in [9.17, 15) is 13.2 Å². The van der Waals surface area contributed by atoms with Crippen LogP contribution in [0.15, 0.2) is 88.4 Å². The van der Waals surface area contributed by atoms with Crippen molar-refractivity contribution in [3.05, 3.63) is 90.4 Å². The summed E-state index contributed by atoms with van der Waals surface area (Å²) in [6.07, 6.45) is 2.09. The van der Waals surface area contributed by atoms with Crippen LogP contribution in [0.3, 0.4) is 0 Å². The molecule has 1 aliphatic heterocycles. The van der Waals surface area contributed by atoms with Crippen LogP contribution in [0.2, 0.25) is 0 Å². The molecule has 10 nitrogen and oxygen atoms in total. The van der Waals surface area contributed by atoms with Gasteiger partial charge in [-0.15, -0.1) is 0 Å². The van der Waals surface area contributed by atoms with Crippen LogP contribution in [-0.2, 0) is 32.5 Å². The molecule has 0 atom stereocenters. The van der Waals surface area contributed by atoms with E-state index in [1.54, 1.807) is 55.7 Å². The molecule has 44 heavy (non-hydrogen) atoms. The van der Waals surface area contributed by atoms with E-state index in [1.165, 1.54) is 4.31 Å². The van der Waals surface area contributed by atoms with E-state index < -0.39 is 10.0 Å². The lowest BCUT2D eigenvalue weighted by atomic mass is 10.1. The molecule has 0 unspecified atom stereocenters. The number of carbonyl (C=O) groups is 1. The van der Waals surface area contributed by atoms with Gasteiger partial charge in [-0.3, -0.25) is 9.69 Å². The van der Waals surface area contributed by atoms with E-state index >= 15 is 0 Å². The Kier molecular flexibility index (Phi) is 10.5. The molecule has 0 aliphatic carbocycles. The fourth-order valence-electron chi connectivity index (χ4n) is 5.36. The Bertz CT molecular complexity index is 1630. The first-order chi connectivity index (χ1) is 21.4. The van der Waals surface area contributed by atoms with Gasteiger partial charge in [-0.25, -0.2) is 8.42 Å². The maximum atomic E-state index is 14.3. The average molecular weight is 622 g/mol. The highest BCUT2D eigenvalue weighted by molar-refractivity contribution is 7.89. The molecule has 0 bridgehead atoms. The van der Waals surface area contributed by atoms with Gasteiger partial charge in [-0.2, -0.15) is 4.31 Å². The van der Waals surface area contributed by atoms with Gasteiger partial charge < -0.3 is 23.5 Å². The molecular formula is C33H39N3O7S. The highest BCUT2D eigenvalue weighted by Gasteiger charge is 2.30. The number of morpholine rings is 1. The van der Waals surface area contributed by atoms with Crippen LogP contribution in [0, 0.1) is 0 Å². The van der Waals surface area contributed by atoms with Crippen molar-refractivity contribution in [2.24, 2.45) is 0 Å². The van der Waals surface area contributed by atoms with Crippen molar-refractivity contribution in [2.75, 3.05) is 66.7 Å². The van der Waals surface area contributed by atoms with E-state index in [2.05, 4.69) is 4.90 Å². The summed E-state index contributed by atoms with van der Waals surface area (Å²) in [5, 5.41) is 1.45. The largest absolute Gasteiger partial charge is 0.493 e. The number of hydrogen-bond donors (Lipinski definition) is 0. The molecule has 0 saturated carbocycles. The van der Waals surface area contributed by atoms with E-state index in [4.69, 9.17) is 18.6 Å². The summed E-state index contributed by atoms with van der Waals surface area (Å²) in [5.41, 5.74) is 0.951. The van der Waals surface area contributed by atoms with E-state index in [1.807, 2.05) is 42.5 Å². The molecule has 234 valence electrons. The van der Waals surface area contributed by atoms with Gasteiger partial charge in [0.2, 0.25) is 15.9 Å². The molecule has 1 fully saturated rings. The Morgan fingerprint density at radius 2 is 1.68 bits per heavy atom. The maximum absolute atomic E-state index is 14.3. The minimum Gasteiger partial charge on any atom is -0.493 e. The quantitative estimate of drug-likeness (QED) is 0.208. The Balaban J connectivity index is 1.41. The zero-order chi connectivity index (χ0) is 30.9. The van der Waals surface area contributed by atoms with Crippen molar-refractivity contribution in [2.45, 2.75) is 17.9 Å². The topological polar surface area (TPSA) is 102 Å². The zero-order valence-corrected chi connectivity index (χ0v) is 26.0. The summed E-state index contributed by atoms with van der Waals surface area (Å²) in [6, 6.07) is 21.8. The molecule has 1 amide bonds. The molecule has 3 aromatic carbocycles. The second-order valence-corrected chi connectivity index (χ2v) is 12.5. The van der Waals surface area contributed by atoms with Gasteiger partial charge in [0.25, 0.3) is 0 Å². The van der Waals surface area contributed by atoms with Crippen LogP contribution >= 0.6 is 0 Å². The van der Waals surface area contributed by atoms with Gasteiger partial charge in [0.15, 0.2) is 11.5 Å². The molecule has 0 spiro atoms. The Morgan fingerprint density at radius 3 is 2.43 bits per heavy atom. The monoisotopic (exact) mass is 621 g/mol. The lowest BCUT2D eigenvalue weighted by Gasteiger charge is -2.31. The predicted octanol–water partition coefficient (Wildman–Crippen LogP) is 4.04. The number of methoxy groups -OCH3 is 2. The molecular weight excluding hydrogens is 582 g/mol. The number of sulfonamides is 1. The van der Waals surface area contributed by atoms with Crippen molar-refractivity contribution in [3.63, 3.8) is 0 Å². The average Bonchev–Trinajstić information content (AvgIpc) is 3.58. The molecule has 0 N–H and O–H groups in total. The Labute approximate surface area is 258 Å². The summed E-state index contributed by atoms with van der Waals surface area (Å²) in [4.78, 5) is 18.0. The Morgan fingerprint density at radius 1 is 0.909 bits per heavy atom. The number of amides is 1. The lowest BCUT2D eigenvalue weighted by molar-refractivity contribution is -0.132. The first-order valence-corrected chi connectivity index (χ1v) is 16.1. The maximum Gasteiger partial charge on any atom is 0.244 e. The standard InChI is InChI=1S/C33H39N3O7S/c1-40-30-13-12-26(23-31(30)41-2)14-15-35(24-28-9-6-20-43-28)33(37)25-36(17-16-34-18-21-42-22-19-34)44(38,39)32-11-5-8-27-7-3-4-10-29(27)32/h3-13,20,23H,14-19,21-22,24-25H2,1-2H3. The summed E-state index contributed by atoms with van der Waals surface area (Å²) in [5.74, 6) is 1.52. The fraction of sp³-hybridized carbons (Fsp3) is 0.364. The normalized spacial score (nSPS) is 14.2. The van der Waals surface area contributed by atoms with Gasteiger partial charge in [-0.05, 0) is 47.7 Å². The van der Waals surface area contributed by atoms with Gasteiger partial charge in [0, 0.05) is 38.1 Å². The summed E-state index contributed by atoms with van der Waals surface area (Å²) >= 11 is 0. The number of fused-ring (bicyclic) bond motifs is 1. The van der Waals surface area contributed by atoms with Crippen LogP contribution in [-0.4, -0.2) is 95.1 Å². The fourth-order valence-corrected chi connectivity index (χ4v) is 6.95. The van der Waals surface area contributed by atoms with Crippen LogP contribution < -0.4 is 9.47 Å². The van der Waals surface area contributed by atoms with Crippen LogP contribution in [0.4, 0.5) is 0 Å². The molecule has 0 radical (unpaired) electrons. The first kappa shape index (κ1) is 31.5. The molecule has 2 heterocycles. The second-order valence-electron chi connectivity index (χ2n) is 10.6. The van der Waals surface area contributed by atoms with Crippen LogP contribution in [0.5, 0.6) is 11.5 Å². The number of rotatable bonds is 14. The van der Waals surface area contributed by atoms with Crippen molar-refractivity contribution >= 4 is 26.7 Å². The Hall–Kier alpha value is -3.90. The van der Waals surface area contributed by atoms with Gasteiger partial charge >= 0.3 is 0 Å². The van der Waals surface area contributed by atoms with Crippen molar-refractivity contribution in [1.82, 2.24) is 14.1 Å². The smallest absolute Gasteiger partial charge is 0.244 e. The van der Waals surface area contributed by atoms with E-state index in [0.717, 1.165) is 10.9 Å². The van der Waals surface area contributed by atoms with E-state index in [-0.39, 0.29) is 30.4 Å². The minimum atomic E-state index is -4.03. The summed E-state index contributed by atoms with van der Waals surface area (Å²) in [6.45, 7) is 3.54. The van der Waals surface area contributed by atoms with Crippen LogP contribution in [0.1, 0.15) is 11.3 Å². The predicted molar refractivity (Wildman–Crippen MR) is 167 cm³/mol. The third kappa shape index (κ3) is 7.59. The first-order valence-electron chi connectivity index (χ1n) is 14.7. The van der Waals surface area contributed by atoms with Gasteiger partial charge in [0.1, 0.15) is 5.76 Å². The highest BCUT2D eigenvalue weighted by atomic mass is 32.2. The SMILES string of the molecule is COc1ccc(CCN(Cc2ccco2)C(=O)CN(CCN2CCOCC2)S(=O)(=O)c2cccc3ccccc23)cc1OC. The third-order valence-corrected chi connectivity index (χ3v) is 9.75. The molecule has 11 heteroatoms. The van der Waals surface area contributed by atoms with Crippen molar-refractivity contribution < 1.29 is 31.8 Å². The molecule has 1 aromatic heterocycles.